The monoisotopic (exact) mass is 452 g/mol. The lowest BCUT2D eigenvalue weighted by Gasteiger charge is -2.21. The number of likely N-dealkylation sites (N-methyl/N-ethyl adjacent to an activating group) is 1. The molecular formula is C22H32N2O6S. The lowest BCUT2D eigenvalue weighted by atomic mass is 10.2. The summed E-state index contributed by atoms with van der Waals surface area (Å²) in [6.45, 7) is 8.71. The van der Waals surface area contributed by atoms with Crippen LogP contribution in [-0.4, -0.2) is 69.4 Å². The summed E-state index contributed by atoms with van der Waals surface area (Å²) in [7, 11) is -2.36. The van der Waals surface area contributed by atoms with Gasteiger partial charge in [0.2, 0.25) is 10.0 Å². The van der Waals surface area contributed by atoms with Crippen molar-refractivity contribution >= 4 is 21.9 Å². The third-order valence-corrected chi connectivity index (χ3v) is 7.01. The lowest BCUT2D eigenvalue weighted by molar-refractivity contribution is -0.133. The van der Waals surface area contributed by atoms with Gasteiger partial charge in [0.1, 0.15) is 11.3 Å². The lowest BCUT2D eigenvalue weighted by Crippen LogP contribution is -2.35. The van der Waals surface area contributed by atoms with Crippen LogP contribution in [0.3, 0.4) is 0 Å². The number of ether oxygens (including phenoxy) is 2. The Balaban J connectivity index is 2.20. The Morgan fingerprint density at radius 1 is 1.16 bits per heavy atom. The van der Waals surface area contributed by atoms with Crippen LogP contribution in [0.15, 0.2) is 35.2 Å². The summed E-state index contributed by atoms with van der Waals surface area (Å²) in [6, 6.07) is 4.12. The molecular weight excluding hydrogens is 420 g/mol. The van der Waals surface area contributed by atoms with Crippen LogP contribution in [0.2, 0.25) is 0 Å². The molecule has 0 unspecified atom stereocenters. The van der Waals surface area contributed by atoms with Gasteiger partial charge in [-0.3, -0.25) is 4.79 Å². The molecule has 1 fully saturated rings. The third-order valence-electron chi connectivity index (χ3n) is 5.12. The summed E-state index contributed by atoms with van der Waals surface area (Å²) in [5, 5.41) is 0. The second-order valence-electron chi connectivity index (χ2n) is 7.62. The standard InChI is InChI=1S/C22H32N2O6S/c1-5-23(15-17(2)3)21(25)16-30-22(26)19-14-18(10-11-20(19)29-4)31(27,28)24-12-8-6-7-9-13-24/h10-11,14H,2,5-9,12-13,15-16H2,1,3-4H3. The van der Waals surface area contributed by atoms with Gasteiger partial charge in [-0.05, 0) is 44.9 Å². The molecule has 1 heterocycles. The van der Waals surface area contributed by atoms with Crippen molar-refractivity contribution in [3.63, 3.8) is 0 Å². The normalized spacial score (nSPS) is 15.1. The zero-order chi connectivity index (χ0) is 23.0. The third kappa shape index (κ3) is 6.54. The predicted molar refractivity (Wildman–Crippen MR) is 118 cm³/mol. The van der Waals surface area contributed by atoms with Gasteiger partial charge in [-0.15, -0.1) is 0 Å². The molecule has 1 aromatic carbocycles. The first-order chi connectivity index (χ1) is 14.7. The molecule has 0 radical (unpaired) electrons. The fraction of sp³-hybridized carbons (Fsp3) is 0.545. The smallest absolute Gasteiger partial charge is 0.342 e. The average molecular weight is 453 g/mol. The molecule has 8 nitrogen and oxygen atoms in total. The zero-order valence-electron chi connectivity index (χ0n) is 18.6. The first-order valence-electron chi connectivity index (χ1n) is 10.5. The van der Waals surface area contributed by atoms with Gasteiger partial charge in [0.25, 0.3) is 5.91 Å². The first-order valence-corrected chi connectivity index (χ1v) is 11.9. The molecule has 0 spiro atoms. The highest BCUT2D eigenvalue weighted by molar-refractivity contribution is 7.89. The molecule has 172 valence electrons. The number of carbonyl (C=O) groups excluding carboxylic acids is 2. The number of hydrogen-bond acceptors (Lipinski definition) is 6. The molecule has 0 aliphatic carbocycles. The van der Waals surface area contributed by atoms with Gasteiger partial charge in [-0.25, -0.2) is 13.2 Å². The second-order valence-corrected chi connectivity index (χ2v) is 9.56. The summed E-state index contributed by atoms with van der Waals surface area (Å²) in [5.41, 5.74) is 0.781. The van der Waals surface area contributed by atoms with Crippen molar-refractivity contribution in [2.24, 2.45) is 0 Å². The molecule has 0 saturated carbocycles. The van der Waals surface area contributed by atoms with Crippen LogP contribution in [0, 0.1) is 0 Å². The highest BCUT2D eigenvalue weighted by Crippen LogP contribution is 2.26. The van der Waals surface area contributed by atoms with E-state index in [1.54, 1.807) is 0 Å². The van der Waals surface area contributed by atoms with Crippen molar-refractivity contribution < 1.29 is 27.5 Å². The summed E-state index contributed by atoms with van der Waals surface area (Å²) < 4.78 is 38.0. The first kappa shape index (κ1) is 24.9. The summed E-state index contributed by atoms with van der Waals surface area (Å²) in [6.07, 6.45) is 3.62. The molecule has 0 aromatic heterocycles. The molecule has 1 aromatic rings. The number of hydrogen-bond donors (Lipinski definition) is 0. The number of esters is 1. The van der Waals surface area contributed by atoms with Gasteiger partial charge < -0.3 is 14.4 Å². The number of methoxy groups -OCH3 is 1. The van der Waals surface area contributed by atoms with Crippen LogP contribution in [0.4, 0.5) is 0 Å². The quantitative estimate of drug-likeness (QED) is 0.423. The number of carbonyl (C=O) groups is 2. The second kappa shape index (κ2) is 11.3. The van der Waals surface area contributed by atoms with Gasteiger partial charge >= 0.3 is 5.97 Å². The van der Waals surface area contributed by atoms with E-state index in [1.165, 1.54) is 34.5 Å². The van der Waals surface area contributed by atoms with Crippen molar-refractivity contribution in [1.29, 1.82) is 0 Å². The molecule has 31 heavy (non-hydrogen) atoms. The van der Waals surface area contributed by atoms with E-state index in [0.29, 0.717) is 26.2 Å². The maximum absolute atomic E-state index is 13.1. The van der Waals surface area contributed by atoms with Gasteiger partial charge in [0.15, 0.2) is 6.61 Å². The van der Waals surface area contributed by atoms with E-state index in [2.05, 4.69) is 6.58 Å². The number of amides is 1. The maximum atomic E-state index is 13.1. The SMILES string of the molecule is C=C(C)CN(CC)C(=O)COC(=O)c1cc(S(=O)(=O)N2CCCCCC2)ccc1OC. The minimum Gasteiger partial charge on any atom is -0.496 e. The van der Waals surface area contributed by atoms with E-state index in [4.69, 9.17) is 9.47 Å². The Bertz CT molecular complexity index is 905. The van der Waals surface area contributed by atoms with Crippen molar-refractivity contribution in [2.45, 2.75) is 44.4 Å². The van der Waals surface area contributed by atoms with Gasteiger partial charge in [-0.1, -0.05) is 25.0 Å². The van der Waals surface area contributed by atoms with E-state index >= 15 is 0 Å². The Morgan fingerprint density at radius 2 is 1.81 bits per heavy atom. The van der Waals surface area contributed by atoms with Gasteiger partial charge in [0.05, 0.1) is 12.0 Å². The Hall–Kier alpha value is -2.39. The van der Waals surface area contributed by atoms with Crippen molar-refractivity contribution in [1.82, 2.24) is 9.21 Å². The van der Waals surface area contributed by atoms with Crippen LogP contribution in [-0.2, 0) is 19.6 Å². The van der Waals surface area contributed by atoms with Gasteiger partial charge in [-0.2, -0.15) is 4.31 Å². The van der Waals surface area contributed by atoms with E-state index in [0.717, 1.165) is 31.3 Å². The highest BCUT2D eigenvalue weighted by Gasteiger charge is 2.27. The van der Waals surface area contributed by atoms with Crippen molar-refractivity contribution in [3.8, 4) is 5.75 Å². The van der Waals surface area contributed by atoms with E-state index < -0.39 is 22.6 Å². The molecule has 1 amide bonds. The van der Waals surface area contributed by atoms with E-state index in [1.807, 2.05) is 13.8 Å². The molecule has 1 aliphatic rings. The molecule has 0 N–H and O–H groups in total. The number of rotatable bonds is 9. The fourth-order valence-electron chi connectivity index (χ4n) is 3.44. The number of benzene rings is 1. The van der Waals surface area contributed by atoms with Crippen molar-refractivity contribution in [2.75, 3.05) is 39.9 Å². The van der Waals surface area contributed by atoms with Crippen LogP contribution in [0.1, 0.15) is 49.9 Å². The molecule has 1 aliphatic heterocycles. The topological polar surface area (TPSA) is 93.2 Å². The predicted octanol–water partition coefficient (Wildman–Crippen LogP) is 2.84. The molecule has 9 heteroatoms. The molecule has 2 rings (SSSR count). The summed E-state index contributed by atoms with van der Waals surface area (Å²) in [5.74, 6) is -0.989. The minimum absolute atomic E-state index is 0.00550. The highest BCUT2D eigenvalue weighted by atomic mass is 32.2. The molecule has 0 atom stereocenters. The van der Waals surface area contributed by atoms with Crippen LogP contribution >= 0.6 is 0 Å². The van der Waals surface area contributed by atoms with Crippen LogP contribution < -0.4 is 4.74 Å². The molecule has 1 saturated heterocycles. The van der Waals surface area contributed by atoms with Crippen molar-refractivity contribution in [3.05, 3.63) is 35.9 Å². The zero-order valence-corrected chi connectivity index (χ0v) is 19.4. The number of sulfonamides is 1. The summed E-state index contributed by atoms with van der Waals surface area (Å²) in [4.78, 5) is 26.5. The van der Waals surface area contributed by atoms with Gasteiger partial charge in [0, 0.05) is 26.2 Å². The van der Waals surface area contributed by atoms with Crippen LogP contribution in [0.5, 0.6) is 5.75 Å². The van der Waals surface area contributed by atoms with Crippen LogP contribution in [0.25, 0.3) is 0 Å². The number of nitrogens with zero attached hydrogens (tertiary/aromatic N) is 2. The minimum atomic E-state index is -3.74. The van der Waals surface area contributed by atoms with E-state index in [-0.39, 0.29) is 22.1 Å². The van der Waals surface area contributed by atoms with E-state index in [9.17, 15) is 18.0 Å². The largest absolute Gasteiger partial charge is 0.496 e. The summed E-state index contributed by atoms with van der Waals surface area (Å²) >= 11 is 0. The Labute approximate surface area is 184 Å². The molecule has 0 bridgehead atoms. The Morgan fingerprint density at radius 3 is 2.35 bits per heavy atom. The fourth-order valence-corrected chi connectivity index (χ4v) is 4.98. The Kier molecular flexibility index (Phi) is 9.06. The maximum Gasteiger partial charge on any atom is 0.342 e. The average Bonchev–Trinajstić information content (AvgIpc) is 3.05.